The van der Waals surface area contributed by atoms with Crippen LogP contribution in [0.5, 0.6) is 11.5 Å². The molecule has 0 saturated carbocycles. The monoisotopic (exact) mass is 392 g/mol. The number of carboxylic acid groups (broad SMARTS) is 1. The summed E-state index contributed by atoms with van der Waals surface area (Å²) in [5.74, 6) is -1.67. The normalized spacial score (nSPS) is 16.8. The van der Waals surface area contributed by atoms with Crippen LogP contribution < -0.4 is 19.5 Å². The van der Waals surface area contributed by atoms with Crippen molar-refractivity contribution in [1.82, 2.24) is 0 Å². The number of methoxy groups -OCH3 is 2. The highest BCUT2D eigenvalue weighted by Gasteiger charge is 2.32. The van der Waals surface area contributed by atoms with E-state index in [1.54, 1.807) is 32.9 Å². The van der Waals surface area contributed by atoms with Crippen molar-refractivity contribution in [3.05, 3.63) is 17.7 Å². The van der Waals surface area contributed by atoms with Crippen LogP contribution in [0.2, 0.25) is 0 Å². The number of amides is 1. The fourth-order valence-electron chi connectivity index (χ4n) is 3.27. The van der Waals surface area contributed by atoms with Crippen molar-refractivity contribution >= 4 is 23.5 Å². The molecule has 154 valence electrons. The van der Waals surface area contributed by atoms with Gasteiger partial charge in [0.2, 0.25) is 5.91 Å². The number of fused-ring (bicyclic) bond motifs is 1. The van der Waals surface area contributed by atoms with Gasteiger partial charge in [-0.15, -0.1) is 0 Å². The molecule has 1 aliphatic rings. The summed E-state index contributed by atoms with van der Waals surface area (Å²) < 4.78 is 16.1. The minimum absolute atomic E-state index is 0.0617. The largest absolute Gasteiger partial charge is 0.548 e. The quantitative estimate of drug-likeness (QED) is 0.674. The molecule has 8 nitrogen and oxygen atoms in total. The third-order valence-electron chi connectivity index (χ3n) is 4.39. The number of aliphatic carboxylic acids is 1. The Morgan fingerprint density at radius 1 is 1.18 bits per heavy atom. The predicted molar refractivity (Wildman–Crippen MR) is 99.3 cm³/mol. The first-order valence-corrected chi connectivity index (χ1v) is 9.03. The standard InChI is InChI=1S/C20H27NO7/c1-20(2,3)28-19(25)8-12-6-7-17(22)21(11-18(23)24)14-10-16(27-5)15(26-4)9-13(12)14/h9-10,12H,6-8,11H2,1-5H3,(H,23,24)/p-1. The van der Waals surface area contributed by atoms with Gasteiger partial charge in [0.25, 0.3) is 0 Å². The van der Waals surface area contributed by atoms with E-state index in [0.717, 1.165) is 4.90 Å². The maximum Gasteiger partial charge on any atom is 0.306 e. The highest BCUT2D eigenvalue weighted by Crippen LogP contribution is 2.43. The van der Waals surface area contributed by atoms with Gasteiger partial charge in [0.05, 0.1) is 38.8 Å². The van der Waals surface area contributed by atoms with Gasteiger partial charge in [-0.25, -0.2) is 0 Å². The number of benzene rings is 1. The van der Waals surface area contributed by atoms with E-state index in [9.17, 15) is 19.5 Å². The summed E-state index contributed by atoms with van der Waals surface area (Å²) in [6.45, 7) is 4.77. The third kappa shape index (κ3) is 5.15. The number of anilines is 1. The molecule has 8 heteroatoms. The first kappa shape index (κ1) is 21.5. The lowest BCUT2D eigenvalue weighted by molar-refractivity contribution is -0.303. The Morgan fingerprint density at radius 3 is 2.32 bits per heavy atom. The van der Waals surface area contributed by atoms with Crippen molar-refractivity contribution < 1.29 is 33.7 Å². The number of carbonyl (C=O) groups is 3. The molecular formula is C20H26NO7-. The van der Waals surface area contributed by atoms with Crippen LogP contribution in [0.1, 0.15) is 51.5 Å². The van der Waals surface area contributed by atoms with Gasteiger partial charge in [0, 0.05) is 12.5 Å². The van der Waals surface area contributed by atoms with Crippen LogP contribution in [0, 0.1) is 0 Å². The molecule has 1 aromatic carbocycles. The first-order chi connectivity index (χ1) is 13.1. The van der Waals surface area contributed by atoms with Crippen LogP contribution in [0.15, 0.2) is 12.1 Å². The maximum atomic E-state index is 12.6. The zero-order chi connectivity index (χ0) is 21.1. The highest BCUT2D eigenvalue weighted by atomic mass is 16.6. The summed E-state index contributed by atoms with van der Waals surface area (Å²) in [5, 5.41) is 11.2. The van der Waals surface area contributed by atoms with Crippen LogP contribution in [0.25, 0.3) is 0 Å². The van der Waals surface area contributed by atoms with Gasteiger partial charge in [0.15, 0.2) is 11.5 Å². The second-order valence-corrected chi connectivity index (χ2v) is 7.64. The molecule has 0 fully saturated rings. The molecule has 0 aliphatic carbocycles. The average molecular weight is 392 g/mol. The summed E-state index contributed by atoms with van der Waals surface area (Å²) in [7, 11) is 2.93. The van der Waals surface area contributed by atoms with E-state index >= 15 is 0 Å². The summed E-state index contributed by atoms with van der Waals surface area (Å²) in [5.41, 5.74) is 0.382. The molecule has 1 aliphatic heterocycles. The van der Waals surface area contributed by atoms with E-state index in [4.69, 9.17) is 14.2 Å². The van der Waals surface area contributed by atoms with Gasteiger partial charge in [0.1, 0.15) is 5.60 Å². The van der Waals surface area contributed by atoms with E-state index in [1.807, 2.05) is 0 Å². The first-order valence-electron chi connectivity index (χ1n) is 9.03. The number of hydrogen-bond donors (Lipinski definition) is 0. The lowest BCUT2D eigenvalue weighted by Crippen LogP contribution is -2.41. The molecule has 28 heavy (non-hydrogen) atoms. The Bertz CT molecular complexity index is 767. The van der Waals surface area contributed by atoms with Crippen LogP contribution in [-0.4, -0.2) is 44.2 Å². The summed E-state index contributed by atoms with van der Waals surface area (Å²) >= 11 is 0. The number of carbonyl (C=O) groups excluding carboxylic acids is 3. The molecule has 1 amide bonds. The van der Waals surface area contributed by atoms with Gasteiger partial charge in [-0.3, -0.25) is 9.59 Å². The van der Waals surface area contributed by atoms with Crippen molar-refractivity contribution in [2.45, 2.75) is 51.6 Å². The van der Waals surface area contributed by atoms with Crippen molar-refractivity contribution in [1.29, 1.82) is 0 Å². The Kier molecular flexibility index (Phi) is 6.53. The SMILES string of the molecule is COc1cc2c(cc1OC)N(CC(=O)[O-])C(=O)CCC2CC(=O)OC(C)(C)C. The molecule has 0 bridgehead atoms. The number of nitrogens with zero attached hydrogens (tertiary/aromatic N) is 1. The number of ether oxygens (including phenoxy) is 3. The molecule has 2 rings (SSSR count). The topological polar surface area (TPSA) is 105 Å². The Morgan fingerprint density at radius 2 is 1.79 bits per heavy atom. The fourth-order valence-corrected chi connectivity index (χ4v) is 3.27. The van der Waals surface area contributed by atoms with Gasteiger partial charge < -0.3 is 29.0 Å². The van der Waals surface area contributed by atoms with Crippen LogP contribution in [0.3, 0.4) is 0 Å². The molecule has 1 atom stereocenters. The van der Waals surface area contributed by atoms with E-state index in [0.29, 0.717) is 29.2 Å². The van der Waals surface area contributed by atoms with Gasteiger partial charge in [-0.2, -0.15) is 0 Å². The molecule has 1 aromatic rings. The molecule has 1 heterocycles. The lowest BCUT2D eigenvalue weighted by Gasteiger charge is -2.26. The number of hydrogen-bond acceptors (Lipinski definition) is 7. The van der Waals surface area contributed by atoms with Crippen LogP contribution in [0.4, 0.5) is 5.69 Å². The molecule has 0 N–H and O–H groups in total. The van der Waals surface area contributed by atoms with Gasteiger partial charge in [-0.1, -0.05) is 0 Å². The smallest absolute Gasteiger partial charge is 0.306 e. The second-order valence-electron chi connectivity index (χ2n) is 7.64. The molecule has 0 aromatic heterocycles. The van der Waals surface area contributed by atoms with Crippen molar-refractivity contribution in [3.63, 3.8) is 0 Å². The van der Waals surface area contributed by atoms with E-state index in [2.05, 4.69) is 0 Å². The number of esters is 1. The van der Waals surface area contributed by atoms with Crippen molar-refractivity contribution in [2.24, 2.45) is 0 Å². The minimum Gasteiger partial charge on any atom is -0.548 e. The average Bonchev–Trinajstić information content (AvgIpc) is 2.70. The van der Waals surface area contributed by atoms with Crippen LogP contribution in [-0.2, 0) is 19.1 Å². The number of rotatable bonds is 6. The predicted octanol–water partition coefficient (Wildman–Crippen LogP) is 1.40. The molecule has 0 spiro atoms. The Hall–Kier alpha value is -2.77. The lowest BCUT2D eigenvalue weighted by atomic mass is 9.90. The summed E-state index contributed by atoms with van der Waals surface area (Å²) in [4.78, 5) is 37.3. The van der Waals surface area contributed by atoms with Gasteiger partial charge in [-0.05, 0) is 44.7 Å². The van der Waals surface area contributed by atoms with E-state index in [-0.39, 0.29) is 30.6 Å². The number of carboxylic acids is 1. The highest BCUT2D eigenvalue weighted by molar-refractivity contribution is 5.99. The van der Waals surface area contributed by atoms with Crippen molar-refractivity contribution in [2.75, 3.05) is 25.7 Å². The van der Waals surface area contributed by atoms with E-state index in [1.165, 1.54) is 14.2 Å². The molecule has 0 radical (unpaired) electrons. The third-order valence-corrected chi connectivity index (χ3v) is 4.39. The summed E-state index contributed by atoms with van der Waals surface area (Å²) in [6.07, 6.45) is 0.538. The Labute approximate surface area is 164 Å². The van der Waals surface area contributed by atoms with E-state index < -0.39 is 18.1 Å². The maximum absolute atomic E-state index is 12.6. The zero-order valence-electron chi connectivity index (χ0n) is 16.9. The van der Waals surface area contributed by atoms with Crippen LogP contribution >= 0.6 is 0 Å². The Balaban J connectivity index is 2.51. The second kappa shape index (κ2) is 8.50. The van der Waals surface area contributed by atoms with Gasteiger partial charge >= 0.3 is 5.97 Å². The minimum atomic E-state index is -1.38. The zero-order valence-corrected chi connectivity index (χ0v) is 16.9. The molecule has 1 unspecified atom stereocenters. The fraction of sp³-hybridized carbons (Fsp3) is 0.550. The molecule has 0 saturated heterocycles. The van der Waals surface area contributed by atoms with Crippen molar-refractivity contribution in [3.8, 4) is 11.5 Å². The summed E-state index contributed by atoms with van der Waals surface area (Å²) in [6, 6.07) is 3.24. The molecular weight excluding hydrogens is 366 g/mol.